The first-order chi connectivity index (χ1) is 10.2. The number of aromatic nitrogens is 1. The first-order valence-electron chi connectivity index (χ1n) is 6.56. The van der Waals surface area contributed by atoms with Crippen molar-refractivity contribution >= 4 is 17.7 Å². The van der Waals surface area contributed by atoms with E-state index in [1.165, 1.54) is 11.8 Å². The molecule has 0 fully saturated rings. The monoisotopic (exact) mass is 297 g/mol. The van der Waals surface area contributed by atoms with Gasteiger partial charge in [0.2, 0.25) is 0 Å². The zero-order chi connectivity index (χ0) is 15.1. The van der Waals surface area contributed by atoms with E-state index in [2.05, 4.69) is 16.4 Å². The highest BCUT2D eigenvalue weighted by Gasteiger charge is 2.13. The lowest BCUT2D eigenvalue weighted by atomic mass is 10.2. The molecule has 2 aromatic rings. The lowest BCUT2D eigenvalue weighted by Gasteiger charge is -2.09. The van der Waals surface area contributed by atoms with Crippen molar-refractivity contribution in [3.05, 3.63) is 54.2 Å². The van der Waals surface area contributed by atoms with Crippen LogP contribution in [0, 0.1) is 17.2 Å². The first kappa shape index (κ1) is 15.1. The van der Waals surface area contributed by atoms with Gasteiger partial charge < -0.3 is 5.32 Å². The molecule has 0 aliphatic carbocycles. The van der Waals surface area contributed by atoms with Crippen LogP contribution in [-0.4, -0.2) is 17.4 Å². The number of hydrogen-bond donors (Lipinski definition) is 1. The zero-order valence-corrected chi connectivity index (χ0v) is 12.4. The van der Waals surface area contributed by atoms with Gasteiger partial charge in [-0.1, -0.05) is 30.0 Å². The summed E-state index contributed by atoms with van der Waals surface area (Å²) in [6.07, 6.45) is 1.67. The molecule has 1 unspecified atom stereocenters. The average Bonchev–Trinajstić information content (AvgIpc) is 2.53. The van der Waals surface area contributed by atoms with Crippen LogP contribution in [0.25, 0.3) is 0 Å². The molecule has 0 aliphatic rings. The van der Waals surface area contributed by atoms with Gasteiger partial charge in [-0.05, 0) is 31.2 Å². The summed E-state index contributed by atoms with van der Waals surface area (Å²) in [6, 6.07) is 15.3. The molecule has 4 nitrogen and oxygen atoms in total. The van der Waals surface area contributed by atoms with Gasteiger partial charge in [0.05, 0.1) is 17.6 Å². The molecule has 0 spiro atoms. The van der Waals surface area contributed by atoms with Crippen LogP contribution in [0.1, 0.15) is 17.3 Å². The second-order valence-corrected chi connectivity index (χ2v) is 5.57. The fourth-order valence-corrected chi connectivity index (χ4v) is 2.53. The number of nitrogens with zero attached hydrogens (tertiary/aromatic N) is 2. The van der Waals surface area contributed by atoms with Gasteiger partial charge >= 0.3 is 0 Å². The molecule has 106 valence electrons. The minimum Gasteiger partial charge on any atom is -0.351 e. The number of nitrogens with one attached hydrogen (secondary N) is 1. The maximum Gasteiger partial charge on any atom is 0.254 e. The van der Waals surface area contributed by atoms with Crippen molar-refractivity contribution in [2.45, 2.75) is 16.8 Å². The highest BCUT2D eigenvalue weighted by molar-refractivity contribution is 7.99. The molecule has 0 radical (unpaired) electrons. The number of carbonyl (C=O) groups excluding carboxylic acids is 1. The third kappa shape index (κ3) is 4.33. The molecule has 0 bridgehead atoms. The van der Waals surface area contributed by atoms with Gasteiger partial charge in [-0.3, -0.25) is 4.79 Å². The molecule has 1 N–H and O–H groups in total. The Labute approximate surface area is 128 Å². The van der Waals surface area contributed by atoms with E-state index in [9.17, 15) is 4.79 Å². The fourth-order valence-electron chi connectivity index (χ4n) is 1.63. The van der Waals surface area contributed by atoms with Gasteiger partial charge in [-0.2, -0.15) is 5.26 Å². The summed E-state index contributed by atoms with van der Waals surface area (Å²) in [5, 5.41) is 12.2. The normalized spacial score (nSPS) is 11.4. The number of amides is 1. The van der Waals surface area contributed by atoms with Crippen molar-refractivity contribution in [3.8, 4) is 6.07 Å². The molecule has 1 heterocycles. The summed E-state index contributed by atoms with van der Waals surface area (Å²) in [6.45, 7) is 2.10. The van der Waals surface area contributed by atoms with Gasteiger partial charge in [-0.25, -0.2) is 4.98 Å². The summed E-state index contributed by atoms with van der Waals surface area (Å²) in [7, 11) is 0. The van der Waals surface area contributed by atoms with Gasteiger partial charge in [-0.15, -0.1) is 0 Å². The number of hydrogen-bond acceptors (Lipinski definition) is 4. The summed E-state index contributed by atoms with van der Waals surface area (Å²) in [5.74, 6) is -0.417. The van der Waals surface area contributed by atoms with E-state index in [1.807, 2.05) is 30.3 Å². The lowest BCUT2D eigenvalue weighted by Crippen LogP contribution is -2.28. The predicted molar refractivity (Wildman–Crippen MR) is 81.9 cm³/mol. The Bertz CT molecular complexity index is 652. The largest absolute Gasteiger partial charge is 0.351 e. The van der Waals surface area contributed by atoms with E-state index in [1.54, 1.807) is 25.3 Å². The summed E-state index contributed by atoms with van der Waals surface area (Å²) in [5.41, 5.74) is 0.525. The molecular weight excluding hydrogens is 282 g/mol. The van der Waals surface area contributed by atoms with Crippen molar-refractivity contribution in [1.82, 2.24) is 10.3 Å². The summed E-state index contributed by atoms with van der Waals surface area (Å²) >= 11 is 1.45. The highest BCUT2D eigenvalue weighted by Crippen LogP contribution is 2.28. The molecule has 0 saturated carbocycles. The van der Waals surface area contributed by atoms with Gasteiger partial charge in [0.25, 0.3) is 5.91 Å². The lowest BCUT2D eigenvalue weighted by molar-refractivity contribution is 0.0947. The van der Waals surface area contributed by atoms with Crippen LogP contribution >= 0.6 is 11.8 Å². The van der Waals surface area contributed by atoms with E-state index in [4.69, 9.17) is 5.26 Å². The number of carbonyl (C=O) groups is 1. The second kappa shape index (κ2) is 7.46. The predicted octanol–water partition coefficient (Wildman–Crippen LogP) is 3.12. The maximum atomic E-state index is 12.2. The molecule has 5 heteroatoms. The van der Waals surface area contributed by atoms with Crippen molar-refractivity contribution in [1.29, 1.82) is 5.26 Å². The molecular formula is C16H15N3OS. The van der Waals surface area contributed by atoms with Crippen LogP contribution in [0.5, 0.6) is 0 Å². The van der Waals surface area contributed by atoms with Crippen LogP contribution in [0.3, 0.4) is 0 Å². The molecule has 21 heavy (non-hydrogen) atoms. The molecule has 2 rings (SSSR count). The van der Waals surface area contributed by atoms with Crippen LogP contribution < -0.4 is 5.32 Å². The van der Waals surface area contributed by atoms with Gasteiger partial charge in [0.1, 0.15) is 5.03 Å². The number of rotatable bonds is 5. The van der Waals surface area contributed by atoms with Crippen LogP contribution in [0.4, 0.5) is 0 Å². The summed E-state index contributed by atoms with van der Waals surface area (Å²) < 4.78 is 0. The minimum atomic E-state index is -0.212. The van der Waals surface area contributed by atoms with Crippen molar-refractivity contribution < 1.29 is 4.79 Å². The molecule has 1 amide bonds. The number of pyridine rings is 1. The molecule has 1 aromatic carbocycles. The second-order valence-electron chi connectivity index (χ2n) is 4.51. The zero-order valence-electron chi connectivity index (χ0n) is 11.6. The van der Waals surface area contributed by atoms with Crippen LogP contribution in [-0.2, 0) is 0 Å². The standard InChI is InChI=1S/C16H15N3OS/c1-12(10-17)11-19-15(20)14-8-5-9-18-16(14)21-13-6-3-2-4-7-13/h2-9,12H,11H2,1H3,(H,19,20). The maximum absolute atomic E-state index is 12.2. The fraction of sp³-hybridized carbons (Fsp3) is 0.188. The van der Waals surface area contributed by atoms with E-state index in [0.717, 1.165) is 4.90 Å². The van der Waals surface area contributed by atoms with Gasteiger partial charge in [0.15, 0.2) is 0 Å². The van der Waals surface area contributed by atoms with Crippen molar-refractivity contribution in [3.63, 3.8) is 0 Å². The quantitative estimate of drug-likeness (QED) is 0.921. The molecule has 0 aliphatic heterocycles. The Kier molecular flexibility index (Phi) is 5.35. The Balaban J connectivity index is 2.13. The van der Waals surface area contributed by atoms with Crippen molar-refractivity contribution in [2.75, 3.05) is 6.54 Å². The Morgan fingerprint density at radius 2 is 2.10 bits per heavy atom. The molecule has 1 aromatic heterocycles. The third-order valence-corrected chi connectivity index (χ3v) is 3.79. The Morgan fingerprint density at radius 1 is 1.33 bits per heavy atom. The molecule has 1 atom stereocenters. The summed E-state index contributed by atoms with van der Waals surface area (Å²) in [4.78, 5) is 17.5. The Morgan fingerprint density at radius 3 is 2.81 bits per heavy atom. The number of benzene rings is 1. The number of nitriles is 1. The van der Waals surface area contributed by atoms with E-state index >= 15 is 0 Å². The van der Waals surface area contributed by atoms with E-state index in [-0.39, 0.29) is 11.8 Å². The third-order valence-electron chi connectivity index (χ3n) is 2.76. The molecule has 0 saturated heterocycles. The van der Waals surface area contributed by atoms with Crippen molar-refractivity contribution in [2.24, 2.45) is 5.92 Å². The highest BCUT2D eigenvalue weighted by atomic mass is 32.2. The van der Waals surface area contributed by atoms with E-state index < -0.39 is 0 Å². The average molecular weight is 297 g/mol. The van der Waals surface area contributed by atoms with Gasteiger partial charge in [0, 0.05) is 17.6 Å². The smallest absolute Gasteiger partial charge is 0.254 e. The van der Waals surface area contributed by atoms with Crippen LogP contribution in [0.15, 0.2) is 58.6 Å². The minimum absolute atomic E-state index is 0.205. The Hall–Kier alpha value is -2.32. The van der Waals surface area contributed by atoms with Crippen LogP contribution in [0.2, 0.25) is 0 Å². The SMILES string of the molecule is CC(C#N)CNC(=O)c1cccnc1Sc1ccccc1. The first-order valence-corrected chi connectivity index (χ1v) is 7.38. The topological polar surface area (TPSA) is 65.8 Å². The van der Waals surface area contributed by atoms with E-state index in [0.29, 0.717) is 17.1 Å².